The van der Waals surface area contributed by atoms with E-state index >= 15 is 0 Å². The molecule has 2 heteroatoms. The summed E-state index contributed by atoms with van der Waals surface area (Å²) in [5.74, 6) is 0. The Morgan fingerprint density at radius 1 is 0.459 bits per heavy atom. The number of rotatable bonds is 11. The van der Waals surface area contributed by atoms with Gasteiger partial charge in [0, 0.05) is 7.26 Å². The Labute approximate surface area is 236 Å². The van der Waals surface area contributed by atoms with Crippen LogP contribution in [0.5, 0.6) is 0 Å². The number of halogens is 1. The molecule has 0 nitrogen and oxygen atoms in total. The normalized spacial score (nSPS) is 11.4. The fraction of sp³-hybridized carbons (Fsp3) is 0.371. The lowest BCUT2D eigenvalue weighted by molar-refractivity contribution is -0.00000741. The first-order chi connectivity index (χ1) is 17.7. The van der Waals surface area contributed by atoms with Gasteiger partial charge in [0.1, 0.15) is 0 Å². The Hall–Kier alpha value is -1.95. The fourth-order valence-corrected chi connectivity index (χ4v) is 10.8. The SMILES string of the molecule is CCCC[P+](CCCC)(CCCC)Cc1ccccc1.[Br-].c1cc2ccc3cccc4ccc(c1)c2c34. The Morgan fingerprint density at radius 2 is 0.838 bits per heavy atom. The fourth-order valence-electron chi connectivity index (χ4n) is 5.69. The molecule has 0 aliphatic carbocycles. The molecule has 5 aromatic rings. The van der Waals surface area contributed by atoms with Gasteiger partial charge in [0.25, 0.3) is 0 Å². The van der Waals surface area contributed by atoms with Crippen molar-refractivity contribution in [3.63, 3.8) is 0 Å². The van der Waals surface area contributed by atoms with E-state index in [9.17, 15) is 0 Å². The van der Waals surface area contributed by atoms with E-state index in [4.69, 9.17) is 0 Å². The second kappa shape index (κ2) is 14.8. The Morgan fingerprint density at radius 3 is 1.19 bits per heavy atom. The van der Waals surface area contributed by atoms with Gasteiger partial charge in [-0.25, -0.2) is 0 Å². The van der Waals surface area contributed by atoms with Crippen molar-refractivity contribution in [1.82, 2.24) is 0 Å². The molecule has 37 heavy (non-hydrogen) atoms. The number of hydrogen-bond donors (Lipinski definition) is 0. The van der Waals surface area contributed by atoms with Crippen LogP contribution >= 0.6 is 7.26 Å². The topological polar surface area (TPSA) is 0 Å². The lowest BCUT2D eigenvalue weighted by Gasteiger charge is -2.28. The van der Waals surface area contributed by atoms with Crippen molar-refractivity contribution in [2.24, 2.45) is 0 Å². The summed E-state index contributed by atoms with van der Waals surface area (Å²) in [7, 11) is -0.768. The summed E-state index contributed by atoms with van der Waals surface area (Å²) >= 11 is 0. The van der Waals surface area contributed by atoms with Crippen molar-refractivity contribution >= 4 is 39.6 Å². The predicted octanol–water partition coefficient (Wildman–Crippen LogP) is 8.19. The number of unbranched alkanes of at least 4 members (excludes halogenated alkanes) is 3. The highest BCUT2D eigenvalue weighted by molar-refractivity contribution is 7.75. The van der Waals surface area contributed by atoms with E-state index < -0.39 is 7.26 Å². The monoisotopic (exact) mass is 574 g/mol. The second-order valence-corrected chi connectivity index (χ2v) is 14.8. The van der Waals surface area contributed by atoms with E-state index in [0.717, 1.165) is 0 Å². The Bertz CT molecular complexity index is 1180. The van der Waals surface area contributed by atoms with Gasteiger partial charge in [0.05, 0.1) is 24.6 Å². The van der Waals surface area contributed by atoms with Gasteiger partial charge < -0.3 is 17.0 Å². The third-order valence-electron chi connectivity index (χ3n) is 7.71. The minimum absolute atomic E-state index is 0. The third kappa shape index (κ3) is 7.55. The molecule has 0 bridgehead atoms. The van der Waals surface area contributed by atoms with Crippen LogP contribution in [-0.2, 0) is 6.16 Å². The molecule has 0 N–H and O–H groups in total. The minimum Gasteiger partial charge on any atom is -1.00 e. The zero-order valence-corrected chi connectivity index (χ0v) is 25.5. The Balaban J connectivity index is 0.000000203. The smallest absolute Gasteiger partial charge is 0.0842 e. The number of benzene rings is 5. The molecule has 5 aromatic carbocycles. The van der Waals surface area contributed by atoms with Crippen LogP contribution < -0.4 is 17.0 Å². The lowest BCUT2D eigenvalue weighted by atomic mass is 9.95. The van der Waals surface area contributed by atoms with Gasteiger partial charge in [0.2, 0.25) is 0 Å². The molecule has 0 saturated carbocycles. The van der Waals surface area contributed by atoms with Crippen LogP contribution in [0.3, 0.4) is 0 Å². The zero-order chi connectivity index (χ0) is 25.2. The molecule has 0 aliphatic rings. The van der Waals surface area contributed by atoms with Gasteiger partial charge in [-0.15, -0.1) is 0 Å². The van der Waals surface area contributed by atoms with Crippen molar-refractivity contribution in [3.8, 4) is 0 Å². The molecule has 0 spiro atoms. The van der Waals surface area contributed by atoms with E-state index in [1.165, 1.54) is 95.5 Å². The van der Waals surface area contributed by atoms with Gasteiger partial charge >= 0.3 is 0 Å². The molecule has 0 atom stereocenters. The average Bonchev–Trinajstić information content (AvgIpc) is 2.93. The highest BCUT2D eigenvalue weighted by atomic mass is 79.9. The molecule has 0 heterocycles. The first-order valence-corrected chi connectivity index (χ1v) is 16.7. The highest BCUT2D eigenvalue weighted by Crippen LogP contribution is 2.63. The van der Waals surface area contributed by atoms with Gasteiger partial charge in [0.15, 0.2) is 0 Å². The van der Waals surface area contributed by atoms with Gasteiger partial charge in [-0.1, -0.05) is 131 Å². The molecule has 196 valence electrons. The predicted molar refractivity (Wildman–Crippen MR) is 167 cm³/mol. The molecule has 0 fully saturated rings. The summed E-state index contributed by atoms with van der Waals surface area (Å²) in [5, 5.41) is 8.14. The van der Waals surface area contributed by atoms with Crippen LogP contribution in [0.25, 0.3) is 32.3 Å². The van der Waals surface area contributed by atoms with Crippen molar-refractivity contribution < 1.29 is 17.0 Å². The summed E-state index contributed by atoms with van der Waals surface area (Å²) in [4.78, 5) is 0. The minimum atomic E-state index is -0.768. The average molecular weight is 576 g/mol. The van der Waals surface area contributed by atoms with Crippen molar-refractivity contribution in [2.45, 2.75) is 65.5 Å². The summed E-state index contributed by atoms with van der Waals surface area (Å²) in [6, 6.07) is 33.1. The molecule has 5 rings (SSSR count). The van der Waals surface area contributed by atoms with Crippen LogP contribution in [0.15, 0.2) is 91.0 Å². The standard InChI is InChI=1S/C19H34P.C16H10.BrH/c1-4-7-15-20(16-8-5-2,17-9-6-3)18-19-13-11-10-12-14-19;1-3-11-7-9-13-5-2-6-14-10-8-12(4-1)15(11)16(13)14;/h10-14H,4-9,15-18H2,1-3H3;1-10H;1H/q+1;;/p-1. The first-order valence-electron chi connectivity index (χ1n) is 14.2. The van der Waals surface area contributed by atoms with E-state index in [1.807, 2.05) is 0 Å². The van der Waals surface area contributed by atoms with Crippen LogP contribution in [-0.4, -0.2) is 18.5 Å². The molecule has 0 amide bonds. The van der Waals surface area contributed by atoms with Crippen LogP contribution in [0.2, 0.25) is 0 Å². The molecular formula is C35H44BrP. The van der Waals surface area contributed by atoms with E-state index in [0.29, 0.717) is 0 Å². The largest absolute Gasteiger partial charge is 1.00 e. The quantitative estimate of drug-likeness (QED) is 0.110. The maximum absolute atomic E-state index is 2.35. The third-order valence-corrected chi connectivity index (χ3v) is 12.5. The molecule has 0 radical (unpaired) electrons. The molecule has 0 unspecified atom stereocenters. The second-order valence-electron chi connectivity index (χ2n) is 10.5. The van der Waals surface area contributed by atoms with Gasteiger partial charge in [-0.3, -0.25) is 0 Å². The zero-order valence-electron chi connectivity index (χ0n) is 23.1. The molecular weight excluding hydrogens is 531 g/mol. The van der Waals surface area contributed by atoms with E-state index in [-0.39, 0.29) is 17.0 Å². The van der Waals surface area contributed by atoms with E-state index in [2.05, 4.69) is 112 Å². The molecule has 0 aromatic heterocycles. The van der Waals surface area contributed by atoms with Crippen molar-refractivity contribution in [1.29, 1.82) is 0 Å². The lowest BCUT2D eigenvalue weighted by Crippen LogP contribution is -3.00. The maximum Gasteiger partial charge on any atom is 0.0842 e. The summed E-state index contributed by atoms with van der Waals surface area (Å²) in [5.41, 5.74) is 1.59. The van der Waals surface area contributed by atoms with Gasteiger partial charge in [-0.05, 0) is 57.1 Å². The van der Waals surface area contributed by atoms with Crippen molar-refractivity contribution in [3.05, 3.63) is 96.6 Å². The molecule has 0 saturated heterocycles. The first kappa shape index (κ1) is 29.6. The Kier molecular flexibility index (Phi) is 11.9. The highest BCUT2D eigenvalue weighted by Gasteiger charge is 2.35. The van der Waals surface area contributed by atoms with Crippen LogP contribution in [0.4, 0.5) is 0 Å². The summed E-state index contributed by atoms with van der Waals surface area (Å²) in [6.45, 7) is 7.03. The number of hydrogen-bond acceptors (Lipinski definition) is 0. The maximum atomic E-state index is 2.35. The van der Waals surface area contributed by atoms with Crippen LogP contribution in [0.1, 0.15) is 64.9 Å². The van der Waals surface area contributed by atoms with Crippen LogP contribution in [0, 0.1) is 0 Å². The summed E-state index contributed by atoms with van der Waals surface area (Å²) < 4.78 is 0. The van der Waals surface area contributed by atoms with E-state index in [1.54, 1.807) is 5.56 Å². The van der Waals surface area contributed by atoms with Crippen molar-refractivity contribution in [2.75, 3.05) is 18.5 Å². The summed E-state index contributed by atoms with van der Waals surface area (Å²) in [6.07, 6.45) is 14.4. The van der Waals surface area contributed by atoms with Gasteiger partial charge in [-0.2, -0.15) is 0 Å². The molecule has 0 aliphatic heterocycles.